The van der Waals surface area contributed by atoms with Crippen LogP contribution in [0.4, 0.5) is 19.3 Å². The van der Waals surface area contributed by atoms with Gasteiger partial charge in [-0.15, -0.1) is 0 Å². The summed E-state index contributed by atoms with van der Waals surface area (Å²) >= 11 is 4.13. The van der Waals surface area contributed by atoms with Crippen molar-refractivity contribution in [2.24, 2.45) is 7.05 Å². The number of hydrogen-bond acceptors (Lipinski definition) is 5. The third-order valence-electron chi connectivity index (χ3n) is 4.21. The highest BCUT2D eigenvalue weighted by atomic mass is 32.1. The van der Waals surface area contributed by atoms with Gasteiger partial charge < -0.3 is 4.74 Å². The van der Waals surface area contributed by atoms with E-state index in [9.17, 15) is 18.4 Å². The van der Waals surface area contributed by atoms with Gasteiger partial charge in [0.25, 0.3) is 5.91 Å². The van der Waals surface area contributed by atoms with Crippen LogP contribution in [0.25, 0.3) is 0 Å². The van der Waals surface area contributed by atoms with Crippen LogP contribution in [0.1, 0.15) is 21.7 Å². The van der Waals surface area contributed by atoms with E-state index < -0.39 is 23.6 Å². The lowest BCUT2D eigenvalue weighted by Crippen LogP contribution is -2.38. The molecule has 0 unspecified atom stereocenters. The van der Waals surface area contributed by atoms with E-state index in [0.29, 0.717) is 17.0 Å². The van der Waals surface area contributed by atoms with E-state index in [1.165, 1.54) is 16.8 Å². The number of carbonyl (C=O) groups excluding carboxylic acids is 2. The van der Waals surface area contributed by atoms with Crippen LogP contribution in [0.15, 0.2) is 48.5 Å². The first-order chi connectivity index (χ1) is 14.2. The lowest BCUT2D eigenvalue weighted by Gasteiger charge is -2.16. The van der Waals surface area contributed by atoms with E-state index in [2.05, 4.69) is 23.2 Å². The summed E-state index contributed by atoms with van der Waals surface area (Å²) in [5.41, 5.74) is 1.65. The monoisotopic (exact) mass is 432 g/mol. The van der Waals surface area contributed by atoms with Crippen molar-refractivity contribution in [2.45, 2.75) is 13.5 Å². The van der Waals surface area contributed by atoms with Crippen LogP contribution in [0.3, 0.4) is 0 Å². The van der Waals surface area contributed by atoms with Gasteiger partial charge in [-0.2, -0.15) is 5.10 Å². The maximum absolute atomic E-state index is 13.3. The number of aromatic nitrogens is 2. The van der Waals surface area contributed by atoms with Gasteiger partial charge in [0.15, 0.2) is 17.3 Å². The number of anilines is 1. The number of ether oxygens (including phenoxy) is 1. The number of imide groups is 1. The normalized spacial score (nSPS) is 10.6. The Morgan fingerprint density at radius 3 is 2.60 bits per heavy atom. The lowest BCUT2D eigenvalue weighted by molar-refractivity contribution is 0.0961. The summed E-state index contributed by atoms with van der Waals surface area (Å²) in [4.78, 5) is 24.5. The van der Waals surface area contributed by atoms with Crippen molar-refractivity contribution in [2.75, 3.05) is 4.31 Å². The average Bonchev–Trinajstić information content (AvgIpc) is 3.07. The topological polar surface area (TPSA) is 76.5 Å². The Balaban J connectivity index is 1.64. The Hall–Kier alpha value is -3.40. The highest BCUT2D eigenvalue weighted by Crippen LogP contribution is 2.23. The number of urea groups is 1. The van der Waals surface area contributed by atoms with Crippen LogP contribution in [-0.2, 0) is 13.7 Å². The molecule has 0 spiro atoms. The molecule has 0 bridgehead atoms. The number of benzene rings is 2. The summed E-state index contributed by atoms with van der Waals surface area (Å²) in [6.07, 6.45) is 0. The van der Waals surface area contributed by atoms with E-state index in [1.807, 2.05) is 0 Å². The second-order valence-corrected chi connectivity index (χ2v) is 6.80. The Kier molecular flexibility index (Phi) is 6.36. The summed E-state index contributed by atoms with van der Waals surface area (Å²) < 4.78 is 34.3. The molecule has 10 heteroatoms. The van der Waals surface area contributed by atoms with Gasteiger partial charge in [0.1, 0.15) is 12.4 Å². The van der Waals surface area contributed by atoms with Crippen molar-refractivity contribution >= 4 is 30.4 Å². The molecule has 3 aromatic rings. The zero-order valence-corrected chi connectivity index (χ0v) is 17.0. The minimum atomic E-state index is -0.962. The molecule has 3 rings (SSSR count). The Morgan fingerprint density at radius 2 is 1.93 bits per heavy atom. The third-order valence-corrected chi connectivity index (χ3v) is 4.62. The number of aryl methyl sites for hydroxylation is 2. The van der Waals surface area contributed by atoms with Crippen LogP contribution in [-0.4, -0.2) is 21.7 Å². The van der Waals surface area contributed by atoms with E-state index >= 15 is 0 Å². The fourth-order valence-corrected chi connectivity index (χ4v) is 2.68. The van der Waals surface area contributed by atoms with Gasteiger partial charge in [-0.25, -0.2) is 17.9 Å². The first-order valence-electron chi connectivity index (χ1n) is 8.76. The van der Waals surface area contributed by atoms with E-state index in [1.54, 1.807) is 38.2 Å². The highest BCUT2D eigenvalue weighted by molar-refractivity contribution is 7.82. The number of halogens is 2. The highest BCUT2D eigenvalue weighted by Gasteiger charge is 2.19. The SMILES string of the molecule is Cc1cc(C(=O)NC(=O)N(S)c2cccc(OCc3ccc(F)c(F)c3)c2)nn1C. The van der Waals surface area contributed by atoms with Crippen LogP contribution >= 0.6 is 12.8 Å². The van der Waals surface area contributed by atoms with Gasteiger partial charge in [0.2, 0.25) is 0 Å². The number of nitrogens with one attached hydrogen (secondary N) is 1. The van der Waals surface area contributed by atoms with Crippen LogP contribution < -0.4 is 14.4 Å². The molecule has 0 saturated heterocycles. The molecule has 0 atom stereocenters. The van der Waals surface area contributed by atoms with E-state index in [4.69, 9.17) is 4.74 Å². The molecule has 7 nitrogen and oxygen atoms in total. The van der Waals surface area contributed by atoms with Crippen molar-refractivity contribution in [1.82, 2.24) is 15.1 Å². The molecule has 0 saturated carbocycles. The number of carbonyl (C=O) groups is 2. The summed E-state index contributed by atoms with van der Waals surface area (Å²) in [6.45, 7) is 1.78. The maximum Gasteiger partial charge on any atom is 0.338 e. The molecule has 156 valence electrons. The maximum atomic E-state index is 13.3. The number of amides is 3. The Morgan fingerprint density at radius 1 is 1.17 bits per heavy atom. The molecule has 1 N–H and O–H groups in total. The fraction of sp³-hybridized carbons (Fsp3) is 0.150. The Labute approximate surface area is 176 Å². The van der Waals surface area contributed by atoms with Gasteiger partial charge in [-0.05, 0) is 42.8 Å². The third kappa shape index (κ3) is 4.95. The molecule has 2 aromatic carbocycles. The molecule has 3 amide bonds. The van der Waals surface area contributed by atoms with Crippen LogP contribution in [0.2, 0.25) is 0 Å². The van der Waals surface area contributed by atoms with Crippen molar-refractivity contribution in [1.29, 1.82) is 0 Å². The van der Waals surface area contributed by atoms with Crippen molar-refractivity contribution in [3.63, 3.8) is 0 Å². The van der Waals surface area contributed by atoms with Crippen LogP contribution in [0.5, 0.6) is 5.75 Å². The minimum Gasteiger partial charge on any atom is -0.489 e. The average molecular weight is 432 g/mol. The standard InChI is InChI=1S/C20H18F2N4O3S/c1-12-8-18(24-25(12)2)19(27)23-20(28)26(30)14-4-3-5-15(10-14)29-11-13-6-7-16(21)17(22)9-13/h3-10,30H,11H2,1-2H3,(H,23,27,28). The van der Waals surface area contributed by atoms with E-state index in [-0.39, 0.29) is 12.3 Å². The number of rotatable bonds is 5. The Bertz CT molecular complexity index is 1080. The molecule has 30 heavy (non-hydrogen) atoms. The predicted molar refractivity (Wildman–Crippen MR) is 109 cm³/mol. The largest absolute Gasteiger partial charge is 0.489 e. The molecule has 0 fully saturated rings. The summed E-state index contributed by atoms with van der Waals surface area (Å²) in [6, 6.07) is 10.6. The molecule has 0 aliphatic rings. The lowest BCUT2D eigenvalue weighted by atomic mass is 10.2. The summed E-state index contributed by atoms with van der Waals surface area (Å²) in [5.74, 6) is -2.19. The van der Waals surface area contributed by atoms with Gasteiger partial charge in [0.05, 0.1) is 5.69 Å². The van der Waals surface area contributed by atoms with E-state index in [0.717, 1.165) is 22.1 Å². The number of nitrogens with zero attached hydrogens (tertiary/aromatic N) is 3. The van der Waals surface area contributed by atoms with Gasteiger partial charge in [-0.3, -0.25) is 14.8 Å². The zero-order valence-electron chi connectivity index (χ0n) is 16.1. The molecule has 1 heterocycles. The van der Waals surface area contributed by atoms with Gasteiger partial charge in [0, 0.05) is 18.8 Å². The second kappa shape index (κ2) is 8.95. The first kappa shape index (κ1) is 21.3. The molecule has 0 aliphatic heterocycles. The van der Waals surface area contributed by atoms with Crippen molar-refractivity contribution < 1.29 is 23.1 Å². The number of thiol groups is 1. The summed E-state index contributed by atoms with van der Waals surface area (Å²) in [5, 5.41) is 6.21. The molecule has 0 aliphatic carbocycles. The molecule has 0 radical (unpaired) electrons. The molecular weight excluding hydrogens is 414 g/mol. The quantitative estimate of drug-likeness (QED) is 0.602. The first-order valence-corrected chi connectivity index (χ1v) is 9.16. The minimum absolute atomic E-state index is 0.00304. The summed E-state index contributed by atoms with van der Waals surface area (Å²) in [7, 11) is 1.69. The molecule has 1 aromatic heterocycles. The van der Waals surface area contributed by atoms with Crippen molar-refractivity contribution in [3.05, 3.63) is 77.1 Å². The van der Waals surface area contributed by atoms with Crippen molar-refractivity contribution in [3.8, 4) is 5.75 Å². The zero-order chi connectivity index (χ0) is 21.8. The predicted octanol–water partition coefficient (Wildman–Crippen LogP) is 3.79. The van der Waals surface area contributed by atoms with Gasteiger partial charge in [-0.1, -0.05) is 24.9 Å². The smallest absolute Gasteiger partial charge is 0.338 e. The van der Waals surface area contributed by atoms with Crippen LogP contribution in [0, 0.1) is 18.6 Å². The molecular formula is C20H18F2N4O3S. The fourth-order valence-electron chi connectivity index (χ4n) is 2.50. The van der Waals surface area contributed by atoms with Gasteiger partial charge >= 0.3 is 6.03 Å². The number of hydrogen-bond donors (Lipinski definition) is 2. The second-order valence-electron chi connectivity index (χ2n) is 6.40.